The minimum absolute atomic E-state index is 0.0331. The van der Waals surface area contributed by atoms with Gasteiger partial charge in [-0.05, 0) is 90.6 Å². The monoisotopic (exact) mass is 490 g/mol. The van der Waals surface area contributed by atoms with Crippen LogP contribution >= 0.6 is 0 Å². The smallest absolute Gasteiger partial charge is 0.223 e. The van der Waals surface area contributed by atoms with E-state index >= 15 is 0 Å². The second kappa shape index (κ2) is 10.0. The fourth-order valence-electron chi connectivity index (χ4n) is 5.19. The van der Waals surface area contributed by atoms with Crippen LogP contribution in [-0.4, -0.2) is 36.6 Å². The molecule has 1 N–H and O–H groups in total. The molecule has 7 heteroatoms. The number of likely N-dealkylation sites (tertiary alicyclic amines) is 1. The molecule has 5 rings (SSSR count). The number of amides is 1. The topological polar surface area (TPSA) is 54.6 Å². The number of nitrogens with one attached hydrogen (secondary N) is 1. The van der Waals surface area contributed by atoms with Gasteiger partial charge in [0.15, 0.2) is 11.5 Å². The Morgan fingerprint density at radius 2 is 1.72 bits per heavy atom. The Labute approximate surface area is 208 Å². The summed E-state index contributed by atoms with van der Waals surface area (Å²) in [5.41, 5.74) is 4.22. The quantitative estimate of drug-likeness (QED) is 0.325. The van der Waals surface area contributed by atoms with Gasteiger partial charge >= 0.3 is 0 Å². The molecule has 186 valence electrons. The number of hydrogen-bond donors (Lipinski definition) is 1. The highest BCUT2D eigenvalue weighted by Crippen LogP contribution is 2.38. The van der Waals surface area contributed by atoms with Gasteiger partial charge in [-0.15, -0.1) is 0 Å². The van der Waals surface area contributed by atoms with E-state index in [1.165, 1.54) is 24.3 Å². The standard InChI is InChI=1S/C29H28F2N2O3/c1-35-26-13-7-19(16-27(26)36-2)25-4-3-15-33(25)28(34)14-11-22-23-17-21(31)10-12-24(23)32-29(22)18-5-8-20(30)9-6-18/h5-10,12-13,16-17,25,32H,3-4,11,14-15H2,1-2H3. The van der Waals surface area contributed by atoms with Gasteiger partial charge in [0.1, 0.15) is 11.6 Å². The molecule has 0 spiro atoms. The van der Waals surface area contributed by atoms with Gasteiger partial charge in [-0.2, -0.15) is 0 Å². The number of aromatic nitrogens is 1. The number of fused-ring (bicyclic) bond motifs is 1. The average molecular weight is 491 g/mol. The van der Waals surface area contributed by atoms with E-state index < -0.39 is 0 Å². The van der Waals surface area contributed by atoms with Gasteiger partial charge in [0.05, 0.1) is 20.3 Å². The summed E-state index contributed by atoms with van der Waals surface area (Å²) in [4.78, 5) is 18.7. The summed E-state index contributed by atoms with van der Waals surface area (Å²) >= 11 is 0. The third-order valence-corrected chi connectivity index (χ3v) is 6.96. The number of aryl methyl sites for hydroxylation is 1. The normalized spacial score (nSPS) is 15.4. The second-order valence-electron chi connectivity index (χ2n) is 9.03. The van der Waals surface area contributed by atoms with E-state index in [-0.39, 0.29) is 30.0 Å². The van der Waals surface area contributed by atoms with Crippen molar-refractivity contribution in [1.29, 1.82) is 0 Å². The van der Waals surface area contributed by atoms with E-state index in [1.807, 2.05) is 23.1 Å². The van der Waals surface area contributed by atoms with Crippen LogP contribution in [0.4, 0.5) is 8.78 Å². The van der Waals surface area contributed by atoms with Crippen molar-refractivity contribution in [2.75, 3.05) is 20.8 Å². The molecule has 1 atom stereocenters. The molecule has 1 fully saturated rings. The Kier molecular flexibility index (Phi) is 6.63. The van der Waals surface area contributed by atoms with Gasteiger partial charge in [-0.3, -0.25) is 4.79 Å². The molecule has 1 aliphatic heterocycles. The molecule has 1 saturated heterocycles. The average Bonchev–Trinajstić information content (AvgIpc) is 3.52. The van der Waals surface area contributed by atoms with Gasteiger partial charge in [0, 0.05) is 29.6 Å². The van der Waals surface area contributed by atoms with Crippen LogP contribution in [0.1, 0.15) is 36.4 Å². The van der Waals surface area contributed by atoms with Crippen molar-refractivity contribution >= 4 is 16.8 Å². The predicted molar refractivity (Wildman–Crippen MR) is 135 cm³/mol. The molecule has 0 bridgehead atoms. The number of rotatable bonds is 7. The van der Waals surface area contributed by atoms with E-state index in [9.17, 15) is 13.6 Å². The number of nitrogens with zero attached hydrogens (tertiary/aromatic N) is 1. The van der Waals surface area contributed by atoms with E-state index in [0.717, 1.165) is 46.1 Å². The van der Waals surface area contributed by atoms with Crippen LogP contribution in [0.25, 0.3) is 22.2 Å². The van der Waals surface area contributed by atoms with Gasteiger partial charge in [0.2, 0.25) is 5.91 Å². The highest BCUT2D eigenvalue weighted by atomic mass is 19.1. The van der Waals surface area contributed by atoms with E-state index in [4.69, 9.17) is 9.47 Å². The molecule has 1 aromatic heterocycles. The van der Waals surface area contributed by atoms with Gasteiger partial charge < -0.3 is 19.4 Å². The van der Waals surface area contributed by atoms with E-state index in [2.05, 4.69) is 4.98 Å². The van der Waals surface area contributed by atoms with Crippen molar-refractivity contribution in [2.45, 2.75) is 31.7 Å². The molecular weight excluding hydrogens is 462 g/mol. The number of aromatic amines is 1. The van der Waals surface area contributed by atoms with Crippen molar-refractivity contribution in [3.63, 3.8) is 0 Å². The summed E-state index contributed by atoms with van der Waals surface area (Å²) in [5, 5.41) is 0.736. The molecule has 2 heterocycles. The summed E-state index contributed by atoms with van der Waals surface area (Å²) in [6.07, 6.45) is 2.51. The maximum Gasteiger partial charge on any atom is 0.223 e. The molecule has 5 nitrogen and oxygen atoms in total. The largest absolute Gasteiger partial charge is 0.493 e. The van der Waals surface area contributed by atoms with Crippen molar-refractivity contribution in [3.8, 4) is 22.8 Å². The van der Waals surface area contributed by atoms with Crippen LogP contribution in [0.15, 0.2) is 60.7 Å². The number of carbonyl (C=O) groups is 1. The van der Waals surface area contributed by atoms with Gasteiger partial charge in [0.25, 0.3) is 0 Å². The molecular formula is C29H28F2N2O3. The van der Waals surface area contributed by atoms with Gasteiger partial charge in [-0.1, -0.05) is 6.07 Å². The van der Waals surface area contributed by atoms with Crippen molar-refractivity contribution in [3.05, 3.63) is 83.4 Å². The molecule has 1 amide bonds. The summed E-state index contributed by atoms with van der Waals surface area (Å²) in [6.45, 7) is 0.686. The second-order valence-corrected chi connectivity index (χ2v) is 9.03. The zero-order valence-corrected chi connectivity index (χ0v) is 20.3. The lowest BCUT2D eigenvalue weighted by molar-refractivity contribution is -0.132. The molecule has 3 aromatic carbocycles. The lowest BCUT2D eigenvalue weighted by atomic mass is 10.00. The van der Waals surface area contributed by atoms with Crippen molar-refractivity contribution < 1.29 is 23.0 Å². The SMILES string of the molecule is COc1ccc(C2CCCN2C(=O)CCc2c(-c3ccc(F)cc3)[nH]c3ccc(F)cc23)cc1OC. The number of benzene rings is 3. The van der Waals surface area contributed by atoms with E-state index in [1.54, 1.807) is 32.4 Å². The molecule has 36 heavy (non-hydrogen) atoms. The van der Waals surface area contributed by atoms with Crippen LogP contribution in [0.3, 0.4) is 0 Å². The lowest BCUT2D eigenvalue weighted by Crippen LogP contribution is -2.30. The zero-order valence-electron chi connectivity index (χ0n) is 20.3. The Morgan fingerprint density at radius 1 is 0.972 bits per heavy atom. The molecule has 4 aromatic rings. The first-order valence-electron chi connectivity index (χ1n) is 12.1. The van der Waals surface area contributed by atoms with Crippen LogP contribution in [0.2, 0.25) is 0 Å². The van der Waals surface area contributed by atoms with Crippen LogP contribution in [0, 0.1) is 11.6 Å². The fourth-order valence-corrected chi connectivity index (χ4v) is 5.19. The first-order valence-corrected chi connectivity index (χ1v) is 12.1. The fraction of sp³-hybridized carbons (Fsp3) is 0.276. The summed E-state index contributed by atoms with van der Waals surface area (Å²) in [5.74, 6) is 0.667. The predicted octanol–water partition coefficient (Wildman–Crippen LogP) is 6.43. The Bertz CT molecular complexity index is 1400. The number of carbonyl (C=O) groups excluding carboxylic acids is 1. The third kappa shape index (κ3) is 4.53. The molecule has 0 radical (unpaired) electrons. The molecule has 1 aliphatic rings. The number of H-pyrrole nitrogens is 1. The maximum absolute atomic E-state index is 14.1. The summed E-state index contributed by atoms with van der Waals surface area (Å²) in [6, 6.07) is 16.5. The number of halogens is 2. The first kappa shape index (κ1) is 23.9. The number of methoxy groups -OCH3 is 2. The zero-order chi connectivity index (χ0) is 25.2. The molecule has 0 aliphatic carbocycles. The van der Waals surface area contributed by atoms with Crippen molar-refractivity contribution in [2.24, 2.45) is 0 Å². The minimum Gasteiger partial charge on any atom is -0.493 e. The highest BCUT2D eigenvalue weighted by Gasteiger charge is 2.30. The highest BCUT2D eigenvalue weighted by molar-refractivity contribution is 5.91. The third-order valence-electron chi connectivity index (χ3n) is 6.96. The lowest BCUT2D eigenvalue weighted by Gasteiger charge is -2.26. The molecule has 0 saturated carbocycles. The Morgan fingerprint density at radius 3 is 2.47 bits per heavy atom. The van der Waals surface area contributed by atoms with Crippen LogP contribution < -0.4 is 9.47 Å². The van der Waals surface area contributed by atoms with E-state index in [0.29, 0.717) is 24.5 Å². The summed E-state index contributed by atoms with van der Waals surface area (Å²) in [7, 11) is 3.20. The number of hydrogen-bond acceptors (Lipinski definition) is 3. The number of ether oxygens (including phenoxy) is 2. The van der Waals surface area contributed by atoms with Crippen LogP contribution in [0.5, 0.6) is 11.5 Å². The Balaban J connectivity index is 1.41. The van der Waals surface area contributed by atoms with Crippen molar-refractivity contribution in [1.82, 2.24) is 9.88 Å². The maximum atomic E-state index is 14.1. The molecule has 1 unspecified atom stereocenters. The van der Waals surface area contributed by atoms with Crippen LogP contribution in [-0.2, 0) is 11.2 Å². The summed E-state index contributed by atoms with van der Waals surface area (Å²) < 4.78 is 38.5. The first-order chi connectivity index (χ1) is 17.5. The Hall–Kier alpha value is -3.87. The van der Waals surface area contributed by atoms with Gasteiger partial charge in [-0.25, -0.2) is 8.78 Å². The minimum atomic E-state index is -0.340.